The van der Waals surface area contributed by atoms with Gasteiger partial charge in [0.1, 0.15) is 11.2 Å². The van der Waals surface area contributed by atoms with Crippen LogP contribution in [-0.2, 0) is 21.7 Å². The molecule has 0 radical (unpaired) electrons. The van der Waals surface area contributed by atoms with E-state index in [2.05, 4.69) is 180 Å². The van der Waals surface area contributed by atoms with E-state index in [0.29, 0.717) is 0 Å². The summed E-state index contributed by atoms with van der Waals surface area (Å²) in [6, 6.07) is 44.6. The average molecular weight is 779 g/mol. The standard InChI is InChI=1S/C56H51BN2O/c1-53(2)24-25-54(3,4)43-29-34(21-23-42(43)53)58-50-36-17-12-10-15-33(36)28-40-38-19-13-18-37-39-22-20-32-14-9-11-16-35(32)48(39)59(49(37)38)57(47(40)50)52-51(58)41-30-44-45(31-46(41)60-52)56(7,8)27-26-55(44,5)6/h9-23,28-31H,24-27H2,1-8H3. The average Bonchev–Trinajstić information content (AvgIpc) is 3.79. The van der Waals surface area contributed by atoms with Crippen molar-refractivity contribution in [2.45, 2.75) is 103 Å². The molecule has 3 nitrogen and oxygen atoms in total. The number of furan rings is 1. The van der Waals surface area contributed by atoms with Gasteiger partial charge in [-0.05, 0) is 122 Å². The maximum Gasteiger partial charge on any atom is 0.376 e. The minimum Gasteiger partial charge on any atom is -0.466 e. The van der Waals surface area contributed by atoms with Crippen LogP contribution in [0.2, 0.25) is 0 Å². The van der Waals surface area contributed by atoms with Crippen molar-refractivity contribution in [1.82, 2.24) is 4.48 Å². The Morgan fingerprint density at radius 1 is 0.467 bits per heavy atom. The van der Waals surface area contributed by atoms with E-state index in [1.807, 2.05) is 0 Å². The molecule has 2 aromatic heterocycles. The number of para-hydroxylation sites is 1. The number of nitrogens with zero attached hydrogens (tertiary/aromatic N) is 2. The van der Waals surface area contributed by atoms with Gasteiger partial charge in [-0.15, -0.1) is 0 Å². The number of benzene rings is 7. The first-order chi connectivity index (χ1) is 28.7. The van der Waals surface area contributed by atoms with Crippen molar-refractivity contribution in [3.63, 3.8) is 0 Å². The Balaban J connectivity index is 1.24. The lowest BCUT2D eigenvalue weighted by Crippen LogP contribution is -2.56. The third-order valence-corrected chi connectivity index (χ3v) is 16.0. The maximum absolute atomic E-state index is 7.63. The number of fused-ring (bicyclic) bond motifs is 15. The first-order valence-electron chi connectivity index (χ1n) is 22.3. The number of hydrogen-bond acceptors (Lipinski definition) is 2. The summed E-state index contributed by atoms with van der Waals surface area (Å²) in [5.74, 6) is 0. The van der Waals surface area contributed by atoms with Crippen molar-refractivity contribution >= 4 is 89.4 Å². The fourth-order valence-electron chi connectivity index (χ4n) is 12.5. The topological polar surface area (TPSA) is 21.3 Å². The number of hydrogen-bond donors (Lipinski definition) is 0. The van der Waals surface area contributed by atoms with Gasteiger partial charge in [-0.25, -0.2) is 0 Å². The molecule has 0 spiro atoms. The summed E-state index contributed by atoms with van der Waals surface area (Å²) in [4.78, 5) is 2.65. The fraction of sp³-hybridized carbons (Fsp3) is 0.286. The highest BCUT2D eigenvalue weighted by Gasteiger charge is 2.49. The summed E-state index contributed by atoms with van der Waals surface area (Å²) < 4.78 is 10.3. The quantitative estimate of drug-likeness (QED) is 0.155. The van der Waals surface area contributed by atoms with E-state index in [1.54, 1.807) is 0 Å². The van der Waals surface area contributed by atoms with E-state index in [9.17, 15) is 0 Å². The molecule has 0 atom stereocenters. The van der Waals surface area contributed by atoms with Gasteiger partial charge >= 0.3 is 6.85 Å². The molecule has 0 fully saturated rings. The molecule has 0 saturated carbocycles. The fourth-order valence-corrected chi connectivity index (χ4v) is 12.5. The largest absolute Gasteiger partial charge is 0.466 e. The normalized spacial score (nSPS) is 18.9. The van der Waals surface area contributed by atoms with E-state index in [4.69, 9.17) is 4.42 Å². The first-order valence-corrected chi connectivity index (χ1v) is 22.3. The highest BCUT2D eigenvalue weighted by molar-refractivity contribution is 6.90. The van der Waals surface area contributed by atoms with Gasteiger partial charge in [0, 0.05) is 49.2 Å². The van der Waals surface area contributed by atoms with E-state index < -0.39 is 0 Å². The van der Waals surface area contributed by atoms with Crippen LogP contribution in [-0.4, -0.2) is 11.3 Å². The van der Waals surface area contributed by atoms with Crippen molar-refractivity contribution in [3.8, 4) is 11.1 Å². The zero-order valence-electron chi connectivity index (χ0n) is 36.2. The minimum absolute atomic E-state index is 0.0490. The zero-order chi connectivity index (χ0) is 40.8. The van der Waals surface area contributed by atoms with Gasteiger partial charge in [-0.2, -0.15) is 0 Å². The monoisotopic (exact) mass is 778 g/mol. The van der Waals surface area contributed by atoms with Crippen LogP contribution >= 0.6 is 0 Å². The van der Waals surface area contributed by atoms with Gasteiger partial charge in [-0.3, -0.25) is 0 Å². The van der Waals surface area contributed by atoms with Crippen molar-refractivity contribution in [2.75, 3.05) is 4.90 Å². The molecule has 7 aromatic carbocycles. The van der Waals surface area contributed by atoms with Crippen LogP contribution in [0.1, 0.15) is 103 Å². The Morgan fingerprint density at radius 2 is 1.08 bits per heavy atom. The third kappa shape index (κ3) is 4.32. The molecule has 0 unspecified atom stereocenters. The highest BCUT2D eigenvalue weighted by atomic mass is 16.3. The van der Waals surface area contributed by atoms with Crippen LogP contribution in [0.25, 0.3) is 65.4 Å². The van der Waals surface area contributed by atoms with Crippen LogP contribution in [0, 0.1) is 0 Å². The van der Waals surface area contributed by atoms with Crippen LogP contribution in [0.15, 0.2) is 120 Å². The second-order valence-electron chi connectivity index (χ2n) is 21.4. The Labute approximate surface area is 353 Å². The lowest BCUT2D eigenvalue weighted by molar-refractivity contribution is 0.332. The lowest BCUT2D eigenvalue weighted by Gasteiger charge is -2.43. The van der Waals surface area contributed by atoms with Gasteiger partial charge in [0.15, 0.2) is 0 Å². The molecule has 60 heavy (non-hydrogen) atoms. The van der Waals surface area contributed by atoms with E-state index >= 15 is 0 Å². The molecule has 2 aliphatic carbocycles. The molecule has 4 heteroatoms. The Bertz CT molecular complexity index is 3410. The van der Waals surface area contributed by atoms with Crippen LogP contribution in [0.4, 0.5) is 17.1 Å². The summed E-state index contributed by atoms with van der Waals surface area (Å²) in [6.45, 7) is 19.4. The predicted octanol–water partition coefficient (Wildman–Crippen LogP) is 14.0. The first kappa shape index (κ1) is 35.1. The smallest absolute Gasteiger partial charge is 0.376 e. The second kappa shape index (κ2) is 11.1. The van der Waals surface area contributed by atoms with Crippen LogP contribution in [0.5, 0.6) is 0 Å². The van der Waals surface area contributed by atoms with Crippen LogP contribution in [0.3, 0.4) is 0 Å². The highest BCUT2D eigenvalue weighted by Crippen LogP contribution is 2.55. The molecule has 294 valence electrons. The van der Waals surface area contributed by atoms with Crippen LogP contribution < -0.4 is 16.0 Å². The molecular weight excluding hydrogens is 727 g/mol. The molecule has 4 aliphatic rings. The molecule has 0 bridgehead atoms. The Hall–Kier alpha value is -5.74. The minimum atomic E-state index is -0.176. The van der Waals surface area contributed by atoms with Gasteiger partial charge in [0.2, 0.25) is 0 Å². The number of aromatic nitrogens is 1. The molecule has 0 saturated heterocycles. The summed E-state index contributed by atoms with van der Waals surface area (Å²) in [6.07, 6.45) is 4.68. The van der Waals surface area contributed by atoms with Gasteiger partial charge < -0.3 is 13.8 Å². The van der Waals surface area contributed by atoms with E-state index in [-0.39, 0.29) is 28.5 Å². The van der Waals surface area contributed by atoms with E-state index in [0.717, 1.165) is 24.1 Å². The molecule has 9 aromatic rings. The maximum atomic E-state index is 7.63. The Morgan fingerprint density at radius 3 is 1.83 bits per heavy atom. The molecule has 0 N–H and O–H groups in total. The summed E-state index contributed by atoms with van der Waals surface area (Å²) >= 11 is 0. The summed E-state index contributed by atoms with van der Waals surface area (Å²) in [5.41, 5.74) is 18.3. The third-order valence-electron chi connectivity index (χ3n) is 16.0. The Kier molecular flexibility index (Phi) is 6.51. The molecule has 13 rings (SSSR count). The SMILES string of the molecule is CC1(C)CCC(C)(C)c2cc(N3c4c5c(cc6ccccc46)-c4cccc6c7ccc8ccccc8c7n(c46)B5c4oc5cc6c(cc5c43)C(C)(C)CCC6(C)C)ccc21. The zero-order valence-corrected chi connectivity index (χ0v) is 36.2. The van der Waals surface area contributed by atoms with Crippen molar-refractivity contribution in [2.24, 2.45) is 0 Å². The summed E-state index contributed by atoms with van der Waals surface area (Å²) in [5, 5.41) is 8.88. The van der Waals surface area contributed by atoms with Crippen molar-refractivity contribution < 1.29 is 4.42 Å². The number of anilines is 3. The van der Waals surface area contributed by atoms with Crippen molar-refractivity contribution in [3.05, 3.63) is 138 Å². The molecule has 4 heterocycles. The van der Waals surface area contributed by atoms with Gasteiger partial charge in [0.05, 0.1) is 11.4 Å². The second-order valence-corrected chi connectivity index (χ2v) is 21.4. The van der Waals surface area contributed by atoms with Gasteiger partial charge in [-0.1, -0.05) is 140 Å². The van der Waals surface area contributed by atoms with E-state index in [1.165, 1.54) is 117 Å². The summed E-state index contributed by atoms with van der Waals surface area (Å²) in [7, 11) is 0. The molecule has 0 amide bonds. The predicted molar refractivity (Wildman–Crippen MR) is 255 cm³/mol. The van der Waals surface area contributed by atoms with Gasteiger partial charge in [0.25, 0.3) is 0 Å². The lowest BCUT2D eigenvalue weighted by atomic mass is 9.47. The number of rotatable bonds is 1. The molecule has 2 aliphatic heterocycles. The molecular formula is C56H51BN2O. The van der Waals surface area contributed by atoms with Crippen molar-refractivity contribution in [1.29, 1.82) is 0 Å².